The van der Waals surface area contributed by atoms with Crippen molar-refractivity contribution in [3.63, 3.8) is 0 Å². The van der Waals surface area contributed by atoms with E-state index in [1.54, 1.807) is 30.3 Å². The van der Waals surface area contributed by atoms with Crippen molar-refractivity contribution in [1.29, 1.82) is 0 Å². The second kappa shape index (κ2) is 9.53. The smallest absolute Gasteiger partial charge is 0.335 e. The van der Waals surface area contributed by atoms with Gasteiger partial charge in [-0.3, -0.25) is 14.9 Å². The highest BCUT2D eigenvalue weighted by molar-refractivity contribution is 6.39. The van der Waals surface area contributed by atoms with Gasteiger partial charge >= 0.3 is 6.03 Å². The number of hydrogen-bond acceptors (Lipinski definition) is 5. The first-order valence-electron chi connectivity index (χ1n) is 10.1. The molecule has 1 fully saturated rings. The fourth-order valence-corrected chi connectivity index (χ4v) is 3.31. The van der Waals surface area contributed by atoms with Gasteiger partial charge in [0.15, 0.2) is 11.5 Å². The Hall–Kier alpha value is -4.53. The summed E-state index contributed by atoms with van der Waals surface area (Å²) in [5, 5.41) is 2.10. The molecule has 1 aliphatic rings. The van der Waals surface area contributed by atoms with Crippen molar-refractivity contribution in [1.82, 2.24) is 5.32 Å². The Morgan fingerprint density at radius 1 is 0.941 bits per heavy atom. The number of nitrogens with zero attached hydrogens (tertiary/aromatic N) is 1. The van der Waals surface area contributed by atoms with Crippen LogP contribution in [0.1, 0.15) is 11.1 Å². The lowest BCUT2D eigenvalue weighted by Crippen LogP contribution is -2.54. The third-order valence-corrected chi connectivity index (χ3v) is 5.03. The van der Waals surface area contributed by atoms with Crippen LogP contribution in [0.15, 0.2) is 72.3 Å². The number of benzene rings is 3. The van der Waals surface area contributed by atoms with Crippen LogP contribution < -0.4 is 19.7 Å². The molecule has 0 aromatic heterocycles. The average molecular weight is 464 g/mol. The van der Waals surface area contributed by atoms with Gasteiger partial charge in [0.05, 0.1) is 12.8 Å². The predicted octanol–water partition coefficient (Wildman–Crippen LogP) is 4.22. The minimum absolute atomic E-state index is 0.0287. The fraction of sp³-hybridized carbons (Fsp3) is 0.0800. The molecule has 0 aliphatic carbocycles. The number of carbonyl (C=O) groups is 3. The molecule has 0 unspecified atom stereocenters. The van der Waals surface area contributed by atoms with E-state index < -0.39 is 29.5 Å². The number of rotatable bonds is 6. The Labute approximate surface area is 193 Å². The largest absolute Gasteiger partial charge is 0.493 e. The van der Waals surface area contributed by atoms with Gasteiger partial charge in [0.25, 0.3) is 11.8 Å². The highest BCUT2D eigenvalue weighted by Gasteiger charge is 2.36. The van der Waals surface area contributed by atoms with Crippen LogP contribution in [0.5, 0.6) is 11.5 Å². The van der Waals surface area contributed by atoms with E-state index >= 15 is 0 Å². The third-order valence-electron chi connectivity index (χ3n) is 5.03. The number of halogens is 2. The van der Waals surface area contributed by atoms with Gasteiger partial charge in [-0.05, 0) is 54.1 Å². The Morgan fingerprint density at radius 3 is 2.38 bits per heavy atom. The maximum atomic E-state index is 13.8. The molecule has 4 amide bonds. The molecule has 172 valence electrons. The Kier molecular flexibility index (Phi) is 6.35. The monoisotopic (exact) mass is 464 g/mol. The molecule has 1 heterocycles. The average Bonchev–Trinajstić information content (AvgIpc) is 2.82. The molecular weight excluding hydrogens is 446 g/mol. The van der Waals surface area contributed by atoms with Gasteiger partial charge in [-0.2, -0.15) is 0 Å². The van der Waals surface area contributed by atoms with E-state index in [1.165, 1.54) is 37.5 Å². The van der Waals surface area contributed by atoms with E-state index in [2.05, 4.69) is 5.32 Å². The molecule has 3 aromatic carbocycles. The van der Waals surface area contributed by atoms with E-state index in [1.807, 2.05) is 0 Å². The Morgan fingerprint density at radius 2 is 1.68 bits per heavy atom. The van der Waals surface area contributed by atoms with Crippen LogP contribution in [0.4, 0.5) is 19.3 Å². The number of amides is 4. The molecule has 7 nitrogen and oxygen atoms in total. The van der Waals surface area contributed by atoms with Crippen molar-refractivity contribution < 1.29 is 32.6 Å². The van der Waals surface area contributed by atoms with E-state index in [9.17, 15) is 23.2 Å². The minimum Gasteiger partial charge on any atom is -0.493 e. The van der Waals surface area contributed by atoms with E-state index in [-0.39, 0.29) is 17.9 Å². The number of methoxy groups -OCH3 is 1. The summed E-state index contributed by atoms with van der Waals surface area (Å²) < 4.78 is 38.1. The summed E-state index contributed by atoms with van der Waals surface area (Å²) >= 11 is 0. The van der Waals surface area contributed by atoms with E-state index in [0.717, 1.165) is 17.0 Å². The molecule has 9 heteroatoms. The number of hydrogen-bond donors (Lipinski definition) is 1. The second-order valence-corrected chi connectivity index (χ2v) is 7.22. The molecule has 0 spiro atoms. The first kappa shape index (κ1) is 22.7. The second-order valence-electron chi connectivity index (χ2n) is 7.22. The van der Waals surface area contributed by atoms with Gasteiger partial charge in [0.2, 0.25) is 0 Å². The van der Waals surface area contributed by atoms with Crippen LogP contribution in [0.3, 0.4) is 0 Å². The zero-order chi connectivity index (χ0) is 24.2. The summed E-state index contributed by atoms with van der Waals surface area (Å²) in [4.78, 5) is 38.3. The van der Waals surface area contributed by atoms with Gasteiger partial charge < -0.3 is 9.47 Å². The van der Waals surface area contributed by atoms with Crippen LogP contribution in [-0.2, 0) is 16.2 Å². The molecule has 0 radical (unpaired) electrons. The molecule has 0 bridgehead atoms. The Bertz CT molecular complexity index is 1300. The zero-order valence-electron chi connectivity index (χ0n) is 17.9. The van der Waals surface area contributed by atoms with Crippen molar-refractivity contribution in [3.05, 3.63) is 95.1 Å². The minimum atomic E-state index is -0.937. The molecule has 1 aliphatic heterocycles. The summed E-state index contributed by atoms with van der Waals surface area (Å²) in [6.07, 6.45) is 1.30. The van der Waals surface area contributed by atoms with Gasteiger partial charge in [-0.1, -0.05) is 24.3 Å². The molecule has 4 rings (SSSR count). The summed E-state index contributed by atoms with van der Waals surface area (Å²) in [6, 6.07) is 14.6. The van der Waals surface area contributed by atoms with Crippen molar-refractivity contribution in [2.45, 2.75) is 6.61 Å². The topological polar surface area (TPSA) is 84.9 Å². The first-order valence-corrected chi connectivity index (χ1v) is 10.1. The van der Waals surface area contributed by atoms with Gasteiger partial charge in [0.1, 0.15) is 23.8 Å². The number of carbonyl (C=O) groups excluding carboxylic acids is 3. The number of ether oxygens (including phenoxy) is 2. The lowest BCUT2D eigenvalue weighted by molar-refractivity contribution is -0.122. The molecule has 3 aromatic rings. The van der Waals surface area contributed by atoms with E-state index in [4.69, 9.17) is 9.47 Å². The van der Waals surface area contributed by atoms with Crippen molar-refractivity contribution in [2.75, 3.05) is 12.0 Å². The molecule has 0 saturated carbocycles. The van der Waals surface area contributed by atoms with Gasteiger partial charge in [-0.25, -0.2) is 18.5 Å². The summed E-state index contributed by atoms with van der Waals surface area (Å²) in [7, 11) is 1.41. The predicted molar refractivity (Wildman–Crippen MR) is 119 cm³/mol. The first-order chi connectivity index (χ1) is 16.4. The number of urea groups is 1. The standard InChI is InChI=1S/C25H18F2N2O5/c1-33-22-13-15(6-11-21(22)34-14-16-4-2-3-5-20(16)27)12-19-23(30)28-25(32)29(24(19)31)18-9-7-17(26)8-10-18/h2-13H,14H2,1H3,(H,28,30,32)/b19-12-. The van der Waals surface area contributed by atoms with Crippen molar-refractivity contribution in [2.24, 2.45) is 0 Å². The number of imide groups is 2. The molecule has 34 heavy (non-hydrogen) atoms. The third kappa shape index (κ3) is 4.63. The zero-order valence-corrected chi connectivity index (χ0v) is 17.9. The SMILES string of the molecule is COc1cc(/C=C2/C(=O)NC(=O)N(c3ccc(F)cc3)C2=O)ccc1OCc1ccccc1F. The number of anilines is 1. The van der Waals surface area contributed by atoms with E-state index in [0.29, 0.717) is 22.6 Å². The van der Waals surface area contributed by atoms with Gasteiger partial charge in [0, 0.05) is 5.56 Å². The Balaban J connectivity index is 1.60. The molecular formula is C25H18F2N2O5. The fourth-order valence-electron chi connectivity index (χ4n) is 3.31. The number of barbiturate groups is 1. The quantitative estimate of drug-likeness (QED) is 0.436. The van der Waals surface area contributed by atoms with Crippen molar-refractivity contribution in [3.8, 4) is 11.5 Å². The maximum Gasteiger partial charge on any atom is 0.335 e. The van der Waals surface area contributed by atoms with Crippen LogP contribution >= 0.6 is 0 Å². The molecule has 1 N–H and O–H groups in total. The molecule has 1 saturated heterocycles. The summed E-state index contributed by atoms with van der Waals surface area (Å²) in [5.74, 6) is -2.04. The molecule has 0 atom stereocenters. The highest BCUT2D eigenvalue weighted by Crippen LogP contribution is 2.30. The summed E-state index contributed by atoms with van der Waals surface area (Å²) in [6.45, 7) is -0.0287. The lowest BCUT2D eigenvalue weighted by atomic mass is 10.1. The highest BCUT2D eigenvalue weighted by atomic mass is 19.1. The van der Waals surface area contributed by atoms with Crippen molar-refractivity contribution >= 4 is 29.6 Å². The maximum absolute atomic E-state index is 13.8. The number of nitrogens with one attached hydrogen (secondary N) is 1. The lowest BCUT2D eigenvalue weighted by Gasteiger charge is -2.26. The van der Waals surface area contributed by atoms with Crippen LogP contribution in [0.25, 0.3) is 6.08 Å². The van der Waals surface area contributed by atoms with Crippen LogP contribution in [0.2, 0.25) is 0 Å². The van der Waals surface area contributed by atoms with Gasteiger partial charge in [-0.15, -0.1) is 0 Å². The normalized spacial score (nSPS) is 14.9. The summed E-state index contributed by atoms with van der Waals surface area (Å²) in [5.41, 5.74) is 0.593. The van der Waals surface area contributed by atoms with Crippen LogP contribution in [-0.4, -0.2) is 25.0 Å². The van der Waals surface area contributed by atoms with Crippen LogP contribution in [0, 0.1) is 11.6 Å².